The maximum Gasteiger partial charge on any atom is 0.490 e. The molecule has 1 unspecified atom stereocenters. The van der Waals surface area contributed by atoms with Crippen molar-refractivity contribution in [1.29, 1.82) is 0 Å². The summed E-state index contributed by atoms with van der Waals surface area (Å²) >= 11 is 6.27. The number of halogens is 4. The Hall–Kier alpha value is -3.32. The summed E-state index contributed by atoms with van der Waals surface area (Å²) in [5.74, 6) is -2.19. The molecule has 0 saturated carbocycles. The lowest BCUT2D eigenvalue weighted by atomic mass is 9.76. The van der Waals surface area contributed by atoms with Gasteiger partial charge < -0.3 is 10.8 Å². The quantitative estimate of drug-likeness (QED) is 0.569. The van der Waals surface area contributed by atoms with Crippen molar-refractivity contribution in [3.8, 4) is 0 Å². The number of alkyl halides is 3. The molecule has 0 amide bonds. The Morgan fingerprint density at radius 1 is 0.968 bits per heavy atom. The van der Waals surface area contributed by atoms with Gasteiger partial charge in [0.25, 0.3) is 0 Å². The number of amidine groups is 1. The van der Waals surface area contributed by atoms with Crippen molar-refractivity contribution in [2.75, 3.05) is 0 Å². The third kappa shape index (κ3) is 4.88. The zero-order valence-corrected chi connectivity index (χ0v) is 16.9. The van der Waals surface area contributed by atoms with Crippen LogP contribution in [0.1, 0.15) is 22.3 Å². The van der Waals surface area contributed by atoms with Gasteiger partial charge in [-0.3, -0.25) is 4.99 Å². The lowest BCUT2D eigenvalue weighted by Crippen LogP contribution is -2.36. The molecule has 31 heavy (non-hydrogen) atoms. The third-order valence-electron chi connectivity index (χ3n) is 4.85. The van der Waals surface area contributed by atoms with Crippen LogP contribution in [0.4, 0.5) is 13.2 Å². The van der Waals surface area contributed by atoms with Crippen LogP contribution in [0.2, 0.25) is 5.02 Å². The first kappa shape index (κ1) is 22.4. The molecule has 1 heterocycles. The number of nitrogens with two attached hydrogens (primary N) is 1. The first-order chi connectivity index (χ1) is 14.6. The fourth-order valence-electron chi connectivity index (χ4n) is 3.46. The Bertz CT molecular complexity index is 1120. The molecule has 3 aromatic carbocycles. The fraction of sp³-hybridized carbons (Fsp3) is 0.130. The number of rotatable bonds is 2. The van der Waals surface area contributed by atoms with E-state index in [1.165, 1.54) is 5.56 Å². The summed E-state index contributed by atoms with van der Waals surface area (Å²) in [6.07, 6.45) is -4.33. The van der Waals surface area contributed by atoms with Crippen molar-refractivity contribution in [2.45, 2.75) is 18.1 Å². The first-order valence-electron chi connectivity index (χ1n) is 9.19. The molecule has 0 bridgehead atoms. The molecular formula is C23H18ClF3N2O2. The normalized spacial score (nSPS) is 17.6. The standard InChI is InChI=1S/C21H17ClN2.C2HF3O2/c22-18-11-6-10-17(13-18)21(16-8-2-1-3-9-16)14-15-7-4-5-12-19(15)20(23)24-21;3-2(4,5)1(6)7/h1-13H,14H2,(H2,23,24);(H,6,7). The monoisotopic (exact) mass is 446 g/mol. The summed E-state index contributed by atoms with van der Waals surface area (Å²) < 4.78 is 31.7. The van der Waals surface area contributed by atoms with Crippen LogP contribution in [0.3, 0.4) is 0 Å². The van der Waals surface area contributed by atoms with E-state index in [1.807, 2.05) is 54.6 Å². The highest BCUT2D eigenvalue weighted by Crippen LogP contribution is 2.41. The molecule has 8 heteroatoms. The fourth-order valence-corrected chi connectivity index (χ4v) is 3.66. The SMILES string of the molecule is NC1=NC(c2ccccc2)(c2cccc(Cl)c2)Cc2ccccc21.O=C(O)C(F)(F)F. The summed E-state index contributed by atoms with van der Waals surface area (Å²) in [7, 11) is 0. The Morgan fingerprint density at radius 2 is 1.55 bits per heavy atom. The number of aliphatic carboxylic acids is 1. The average Bonchev–Trinajstić information content (AvgIpc) is 2.74. The first-order valence-corrected chi connectivity index (χ1v) is 9.56. The van der Waals surface area contributed by atoms with Gasteiger partial charge >= 0.3 is 12.1 Å². The summed E-state index contributed by atoms with van der Waals surface area (Å²) in [6.45, 7) is 0. The second-order valence-corrected chi connectivity index (χ2v) is 7.31. The molecule has 1 aliphatic heterocycles. The Kier molecular flexibility index (Phi) is 6.36. The molecule has 0 aromatic heterocycles. The maximum atomic E-state index is 10.6. The lowest BCUT2D eigenvalue weighted by Gasteiger charge is -2.36. The van der Waals surface area contributed by atoms with Crippen LogP contribution in [-0.4, -0.2) is 23.1 Å². The van der Waals surface area contributed by atoms with Crippen LogP contribution < -0.4 is 5.73 Å². The smallest absolute Gasteiger partial charge is 0.475 e. The van der Waals surface area contributed by atoms with E-state index in [9.17, 15) is 13.2 Å². The number of hydrogen-bond acceptors (Lipinski definition) is 3. The second-order valence-electron chi connectivity index (χ2n) is 6.87. The zero-order valence-electron chi connectivity index (χ0n) is 16.1. The minimum absolute atomic E-state index is 0.551. The van der Waals surface area contributed by atoms with Crippen LogP contribution in [0, 0.1) is 0 Å². The largest absolute Gasteiger partial charge is 0.490 e. The minimum Gasteiger partial charge on any atom is -0.475 e. The topological polar surface area (TPSA) is 75.7 Å². The van der Waals surface area contributed by atoms with E-state index in [0.29, 0.717) is 10.9 Å². The van der Waals surface area contributed by atoms with Crippen molar-refractivity contribution in [1.82, 2.24) is 0 Å². The van der Waals surface area contributed by atoms with E-state index in [2.05, 4.69) is 24.3 Å². The maximum absolute atomic E-state index is 10.6. The predicted molar refractivity (Wildman–Crippen MR) is 113 cm³/mol. The zero-order chi connectivity index (χ0) is 22.6. The molecule has 0 spiro atoms. The number of carbonyl (C=O) groups is 1. The molecule has 4 rings (SSSR count). The summed E-state index contributed by atoms with van der Waals surface area (Å²) in [5, 5.41) is 7.83. The molecule has 0 radical (unpaired) electrons. The molecule has 3 aromatic rings. The number of benzene rings is 3. The van der Waals surface area contributed by atoms with Crippen molar-refractivity contribution in [3.05, 3.63) is 106 Å². The third-order valence-corrected chi connectivity index (χ3v) is 5.08. The summed E-state index contributed by atoms with van der Waals surface area (Å²) in [4.78, 5) is 13.9. The Labute approximate surface area is 181 Å². The van der Waals surface area contributed by atoms with E-state index in [1.54, 1.807) is 0 Å². The number of fused-ring (bicyclic) bond motifs is 1. The van der Waals surface area contributed by atoms with Crippen LogP contribution in [0.5, 0.6) is 0 Å². The highest BCUT2D eigenvalue weighted by molar-refractivity contribution is 6.30. The van der Waals surface area contributed by atoms with Gasteiger partial charge in [-0.15, -0.1) is 0 Å². The number of nitrogens with zero attached hydrogens (tertiary/aromatic N) is 1. The van der Waals surface area contributed by atoms with Gasteiger partial charge in [0.2, 0.25) is 0 Å². The van der Waals surface area contributed by atoms with Gasteiger partial charge in [0.1, 0.15) is 11.4 Å². The number of carboxylic acid groups (broad SMARTS) is 1. The average molecular weight is 447 g/mol. The van der Waals surface area contributed by atoms with Crippen LogP contribution in [-0.2, 0) is 16.8 Å². The van der Waals surface area contributed by atoms with Crippen molar-refractivity contribution < 1.29 is 23.1 Å². The predicted octanol–water partition coefficient (Wildman–Crippen LogP) is 5.18. The van der Waals surface area contributed by atoms with Crippen LogP contribution in [0.15, 0.2) is 83.9 Å². The molecule has 3 N–H and O–H groups in total. The van der Waals surface area contributed by atoms with Gasteiger partial charge in [0.05, 0.1) is 0 Å². The summed E-state index contributed by atoms with van der Waals surface area (Å²) in [5.41, 5.74) is 10.2. The highest BCUT2D eigenvalue weighted by Gasteiger charge is 2.39. The molecule has 0 aliphatic carbocycles. The van der Waals surface area contributed by atoms with Crippen molar-refractivity contribution in [3.63, 3.8) is 0 Å². The summed E-state index contributed by atoms with van der Waals surface area (Å²) in [6, 6.07) is 26.4. The van der Waals surface area contributed by atoms with E-state index >= 15 is 0 Å². The molecule has 1 aliphatic rings. The Morgan fingerprint density at radius 3 is 2.16 bits per heavy atom. The number of carboxylic acids is 1. The van der Waals surface area contributed by atoms with Gasteiger partial charge in [-0.25, -0.2) is 4.79 Å². The van der Waals surface area contributed by atoms with E-state index in [4.69, 9.17) is 32.2 Å². The van der Waals surface area contributed by atoms with Gasteiger partial charge in [0.15, 0.2) is 0 Å². The number of aliphatic imine (C=N–C) groups is 1. The highest BCUT2D eigenvalue weighted by atomic mass is 35.5. The molecule has 160 valence electrons. The van der Waals surface area contributed by atoms with E-state index in [0.717, 1.165) is 23.1 Å². The Balaban J connectivity index is 0.000000339. The molecule has 4 nitrogen and oxygen atoms in total. The van der Waals surface area contributed by atoms with Gasteiger partial charge in [-0.05, 0) is 28.8 Å². The van der Waals surface area contributed by atoms with Gasteiger partial charge in [0, 0.05) is 17.0 Å². The minimum atomic E-state index is -5.08. The number of hydrogen-bond donors (Lipinski definition) is 2. The molecule has 0 saturated heterocycles. The molecule has 1 atom stereocenters. The van der Waals surface area contributed by atoms with Crippen LogP contribution >= 0.6 is 11.6 Å². The molecular weight excluding hydrogens is 429 g/mol. The molecule has 0 fully saturated rings. The van der Waals surface area contributed by atoms with E-state index < -0.39 is 17.7 Å². The van der Waals surface area contributed by atoms with Gasteiger partial charge in [-0.1, -0.05) is 78.3 Å². The lowest BCUT2D eigenvalue weighted by molar-refractivity contribution is -0.192. The van der Waals surface area contributed by atoms with E-state index in [-0.39, 0.29) is 0 Å². The second kappa shape index (κ2) is 8.81. The van der Waals surface area contributed by atoms with Gasteiger partial charge in [-0.2, -0.15) is 13.2 Å². The van der Waals surface area contributed by atoms with Crippen LogP contribution in [0.25, 0.3) is 0 Å². The van der Waals surface area contributed by atoms with Crippen molar-refractivity contribution in [2.24, 2.45) is 10.7 Å². The van der Waals surface area contributed by atoms with Crippen molar-refractivity contribution >= 4 is 23.4 Å².